The highest BCUT2D eigenvalue weighted by Gasteiger charge is 2.23. The maximum Gasteiger partial charge on any atom is 0.0806 e. The first-order chi connectivity index (χ1) is 11.9. The Morgan fingerprint density at radius 1 is 0.958 bits per heavy atom. The molecule has 1 aliphatic carbocycles. The Labute approximate surface area is 142 Å². The molecule has 112 valence electrons. The molecule has 0 atom stereocenters. The molecule has 0 radical (unpaired) electrons. The Morgan fingerprint density at radius 3 is 2.83 bits per heavy atom. The van der Waals surface area contributed by atoms with Crippen LogP contribution in [0.2, 0.25) is 0 Å². The number of fused-ring (bicyclic) bond motifs is 10. The molecular formula is C22H13NS. The van der Waals surface area contributed by atoms with E-state index in [4.69, 9.17) is 4.99 Å². The van der Waals surface area contributed by atoms with Gasteiger partial charge in [-0.05, 0) is 24.1 Å². The van der Waals surface area contributed by atoms with E-state index in [1.807, 2.05) is 11.3 Å². The first-order valence-corrected chi connectivity index (χ1v) is 9.04. The first-order valence-electron chi connectivity index (χ1n) is 8.23. The number of benzene rings is 3. The van der Waals surface area contributed by atoms with Crippen LogP contribution in [-0.4, -0.2) is 0 Å². The van der Waals surface area contributed by atoms with Crippen molar-refractivity contribution >= 4 is 43.3 Å². The fourth-order valence-corrected chi connectivity index (χ4v) is 5.34. The molecule has 0 saturated heterocycles. The highest BCUT2D eigenvalue weighted by atomic mass is 32.1. The van der Waals surface area contributed by atoms with Gasteiger partial charge in [0, 0.05) is 36.5 Å². The third-order valence-electron chi connectivity index (χ3n) is 5.07. The van der Waals surface area contributed by atoms with Gasteiger partial charge in [0.2, 0.25) is 0 Å². The molecule has 6 rings (SSSR count). The van der Waals surface area contributed by atoms with Crippen molar-refractivity contribution in [2.45, 2.75) is 6.42 Å². The van der Waals surface area contributed by atoms with Gasteiger partial charge in [0.05, 0.1) is 11.0 Å². The van der Waals surface area contributed by atoms with Crippen LogP contribution in [0.1, 0.15) is 5.56 Å². The van der Waals surface area contributed by atoms with Gasteiger partial charge in [0.1, 0.15) is 0 Å². The van der Waals surface area contributed by atoms with Gasteiger partial charge in [-0.3, -0.25) is 0 Å². The zero-order valence-electron chi connectivity index (χ0n) is 12.9. The number of nitrogens with zero attached hydrogens (tertiary/aromatic N) is 1. The molecule has 0 bridgehead atoms. The average Bonchev–Trinajstić information content (AvgIpc) is 3.20. The summed E-state index contributed by atoms with van der Waals surface area (Å²) >= 11 is 1.91. The summed E-state index contributed by atoms with van der Waals surface area (Å²) in [6.07, 6.45) is 7.64. The van der Waals surface area contributed by atoms with Crippen LogP contribution in [0.15, 0.2) is 65.7 Å². The molecule has 0 saturated carbocycles. The third-order valence-corrected chi connectivity index (χ3v) is 6.26. The lowest BCUT2D eigenvalue weighted by Gasteiger charge is -2.09. The van der Waals surface area contributed by atoms with Crippen LogP contribution in [-0.2, 0) is 6.42 Å². The lowest BCUT2D eigenvalue weighted by atomic mass is 9.93. The largest absolute Gasteiger partial charge is 0.247 e. The van der Waals surface area contributed by atoms with Gasteiger partial charge in [-0.2, -0.15) is 0 Å². The van der Waals surface area contributed by atoms with Crippen molar-refractivity contribution in [3.05, 3.63) is 76.8 Å². The summed E-state index contributed by atoms with van der Waals surface area (Å²) < 4.78 is 2.75. The molecule has 0 fully saturated rings. The second-order valence-electron chi connectivity index (χ2n) is 6.35. The smallest absolute Gasteiger partial charge is 0.0806 e. The standard InChI is InChI=1S/C22H13NS/c1-2-8-14-13(7-1)19-16-10-4-6-12-18(16)24-22(19)20-15-9-3-5-11-17(15)23-21(14)20/h1-6,8-12H,7H2. The van der Waals surface area contributed by atoms with E-state index in [0.717, 1.165) is 17.5 Å². The van der Waals surface area contributed by atoms with Crippen LogP contribution in [0.4, 0.5) is 5.69 Å². The van der Waals surface area contributed by atoms with Crippen LogP contribution in [0.3, 0.4) is 0 Å². The molecule has 1 nitrogen and oxygen atoms in total. The molecule has 24 heavy (non-hydrogen) atoms. The summed E-state index contributed by atoms with van der Waals surface area (Å²) in [5.74, 6) is 0. The topological polar surface area (TPSA) is 12.4 Å². The quantitative estimate of drug-likeness (QED) is 0.385. The molecule has 1 aromatic heterocycles. The zero-order chi connectivity index (χ0) is 15.7. The Hall–Kier alpha value is -2.71. The summed E-state index contributed by atoms with van der Waals surface area (Å²) in [6, 6.07) is 17.3. The molecule has 1 aliphatic heterocycles. The molecule has 4 aromatic rings. The molecular weight excluding hydrogens is 310 g/mol. The van der Waals surface area contributed by atoms with Crippen molar-refractivity contribution < 1.29 is 0 Å². The highest BCUT2D eigenvalue weighted by molar-refractivity contribution is 7.26. The molecule has 0 N–H and O–H groups in total. The summed E-state index contributed by atoms with van der Waals surface area (Å²) in [7, 11) is 0. The lowest BCUT2D eigenvalue weighted by Crippen LogP contribution is -2.30. The monoisotopic (exact) mass is 323 g/mol. The molecule has 0 spiro atoms. The van der Waals surface area contributed by atoms with Crippen molar-refractivity contribution in [3.63, 3.8) is 0 Å². The van der Waals surface area contributed by atoms with Gasteiger partial charge >= 0.3 is 0 Å². The summed E-state index contributed by atoms with van der Waals surface area (Å²) in [6.45, 7) is 0. The van der Waals surface area contributed by atoms with Crippen molar-refractivity contribution in [1.29, 1.82) is 0 Å². The Kier molecular flexibility index (Phi) is 2.34. The summed E-state index contributed by atoms with van der Waals surface area (Å²) in [5.41, 5.74) is 5.13. The van der Waals surface area contributed by atoms with Crippen LogP contribution in [0.5, 0.6) is 0 Å². The Balaban J connectivity index is 1.97. The van der Waals surface area contributed by atoms with E-state index in [2.05, 4.69) is 66.8 Å². The average molecular weight is 323 g/mol. The van der Waals surface area contributed by atoms with E-state index in [1.54, 1.807) is 0 Å². The number of rotatable bonds is 0. The second-order valence-corrected chi connectivity index (χ2v) is 7.40. The molecule has 2 heteroatoms. The minimum absolute atomic E-state index is 0.988. The molecule has 3 aromatic carbocycles. The van der Waals surface area contributed by atoms with E-state index < -0.39 is 0 Å². The van der Waals surface area contributed by atoms with Crippen LogP contribution in [0, 0.1) is 0 Å². The Bertz CT molecular complexity index is 1320. The molecule has 2 heterocycles. The van der Waals surface area contributed by atoms with Gasteiger partial charge in [-0.25, -0.2) is 4.99 Å². The molecule has 2 aliphatic rings. The molecule has 0 amide bonds. The SMILES string of the molecule is C1=CCc2c(c3c(c4sc5ccccc5c24)-c2ccccc2N=3)=C1. The van der Waals surface area contributed by atoms with Gasteiger partial charge in [-0.1, -0.05) is 54.6 Å². The minimum atomic E-state index is 0.988. The summed E-state index contributed by atoms with van der Waals surface area (Å²) in [4.78, 5) is 4.99. The van der Waals surface area contributed by atoms with Crippen LogP contribution >= 0.6 is 11.3 Å². The van der Waals surface area contributed by atoms with Crippen molar-refractivity contribution in [2.75, 3.05) is 0 Å². The fraction of sp³-hybridized carbons (Fsp3) is 0.0455. The summed E-state index contributed by atoms with van der Waals surface area (Å²) in [5, 5.41) is 5.27. The number of hydrogen-bond acceptors (Lipinski definition) is 2. The molecule has 0 unspecified atom stereocenters. The minimum Gasteiger partial charge on any atom is -0.247 e. The number of hydrogen-bond donors (Lipinski definition) is 0. The van der Waals surface area contributed by atoms with Gasteiger partial charge in [0.15, 0.2) is 0 Å². The van der Waals surface area contributed by atoms with E-state index in [1.165, 1.54) is 42.1 Å². The zero-order valence-corrected chi connectivity index (χ0v) is 13.7. The van der Waals surface area contributed by atoms with Gasteiger partial charge in [-0.15, -0.1) is 11.3 Å². The van der Waals surface area contributed by atoms with E-state index in [-0.39, 0.29) is 0 Å². The van der Waals surface area contributed by atoms with Gasteiger partial charge < -0.3 is 0 Å². The predicted octanol–water partition coefficient (Wildman–Crippen LogP) is 4.88. The predicted molar refractivity (Wildman–Crippen MR) is 103 cm³/mol. The van der Waals surface area contributed by atoms with Crippen LogP contribution in [0.25, 0.3) is 37.4 Å². The fourth-order valence-electron chi connectivity index (χ4n) is 4.05. The van der Waals surface area contributed by atoms with Crippen molar-refractivity contribution in [2.24, 2.45) is 4.99 Å². The number of thiophene rings is 1. The first kappa shape index (κ1) is 12.7. The maximum atomic E-state index is 4.99. The van der Waals surface area contributed by atoms with Crippen molar-refractivity contribution in [1.82, 2.24) is 0 Å². The highest BCUT2D eigenvalue weighted by Crippen LogP contribution is 2.43. The second kappa shape index (κ2) is 4.43. The van der Waals surface area contributed by atoms with Crippen molar-refractivity contribution in [3.8, 4) is 11.1 Å². The maximum absolute atomic E-state index is 4.99. The van der Waals surface area contributed by atoms with E-state index in [0.29, 0.717) is 0 Å². The van der Waals surface area contributed by atoms with E-state index >= 15 is 0 Å². The Morgan fingerprint density at radius 2 is 1.83 bits per heavy atom. The van der Waals surface area contributed by atoms with E-state index in [9.17, 15) is 0 Å². The normalized spacial score (nSPS) is 14.2. The lowest BCUT2D eigenvalue weighted by molar-refractivity contribution is 1.22. The van der Waals surface area contributed by atoms with Crippen LogP contribution < -0.4 is 10.6 Å². The third kappa shape index (κ3) is 1.47. The number of para-hydroxylation sites is 1. The van der Waals surface area contributed by atoms with Gasteiger partial charge in [0.25, 0.3) is 0 Å². The number of allylic oxidation sites excluding steroid dienone is 2.